The van der Waals surface area contributed by atoms with Crippen molar-refractivity contribution in [1.29, 1.82) is 0 Å². The third kappa shape index (κ3) is 4.76. The molecule has 134 valence electrons. The lowest BCUT2D eigenvalue weighted by Gasteiger charge is -2.32. The molecular formula is C18H22BClO4S. The molecule has 0 spiro atoms. The summed E-state index contributed by atoms with van der Waals surface area (Å²) in [7, 11) is -0.576. The van der Waals surface area contributed by atoms with Gasteiger partial charge >= 0.3 is 7.12 Å². The Morgan fingerprint density at radius 3 is 2.36 bits per heavy atom. The predicted octanol–water partition coefficient (Wildman–Crippen LogP) is 4.45. The first-order valence-electron chi connectivity index (χ1n) is 8.00. The Labute approximate surface area is 158 Å². The number of benzene rings is 1. The van der Waals surface area contributed by atoms with E-state index in [4.69, 9.17) is 20.9 Å². The Bertz CT molecular complexity index is 699. The number of hydrogen-bond donors (Lipinski definition) is 0. The summed E-state index contributed by atoms with van der Waals surface area (Å²) in [5, 5.41) is 0.530. The molecule has 0 aliphatic carbocycles. The zero-order valence-corrected chi connectivity index (χ0v) is 16.7. The van der Waals surface area contributed by atoms with Gasteiger partial charge < -0.3 is 9.31 Å². The highest BCUT2D eigenvalue weighted by Crippen LogP contribution is 2.39. The average molecular weight is 381 g/mol. The van der Waals surface area contributed by atoms with Gasteiger partial charge in [0.05, 0.1) is 11.2 Å². The number of carbonyl (C=O) groups is 2. The van der Waals surface area contributed by atoms with E-state index in [0.717, 1.165) is 11.8 Å². The van der Waals surface area contributed by atoms with Gasteiger partial charge in [-0.1, -0.05) is 35.5 Å². The molecule has 0 aromatic heterocycles. The molecule has 1 aromatic rings. The van der Waals surface area contributed by atoms with Crippen LogP contribution in [-0.4, -0.2) is 35.5 Å². The Hall–Kier alpha value is -1.08. The second-order valence-electron chi connectivity index (χ2n) is 6.99. The van der Waals surface area contributed by atoms with Crippen molar-refractivity contribution in [3.63, 3.8) is 0 Å². The van der Waals surface area contributed by atoms with Crippen LogP contribution in [0.25, 0.3) is 6.08 Å². The van der Waals surface area contributed by atoms with E-state index in [0.29, 0.717) is 21.9 Å². The van der Waals surface area contributed by atoms with E-state index >= 15 is 0 Å². The number of rotatable bonds is 5. The summed E-state index contributed by atoms with van der Waals surface area (Å²) < 4.78 is 12.2. The van der Waals surface area contributed by atoms with Crippen molar-refractivity contribution >= 4 is 48.0 Å². The fourth-order valence-corrected chi connectivity index (χ4v) is 3.06. The average Bonchev–Trinajstić information content (AvgIpc) is 2.73. The molecule has 1 heterocycles. The van der Waals surface area contributed by atoms with Gasteiger partial charge in [0.15, 0.2) is 5.12 Å². The van der Waals surface area contributed by atoms with Crippen LogP contribution in [0.2, 0.25) is 5.02 Å². The Balaban J connectivity index is 2.40. The summed E-state index contributed by atoms with van der Waals surface area (Å²) in [4.78, 5) is 22.5. The van der Waals surface area contributed by atoms with Gasteiger partial charge in [0, 0.05) is 23.3 Å². The molecule has 2 rings (SSSR count). The molecule has 0 bridgehead atoms. The minimum absolute atomic E-state index is 0.00940. The quantitative estimate of drug-likeness (QED) is 0.558. The maximum Gasteiger partial charge on any atom is 0.491 e. The Kier molecular flexibility index (Phi) is 6.20. The lowest BCUT2D eigenvalue weighted by Crippen LogP contribution is -2.41. The largest absolute Gasteiger partial charge is 0.491 e. The molecule has 4 nitrogen and oxygen atoms in total. The summed E-state index contributed by atoms with van der Waals surface area (Å²) in [6, 6.07) is 5.04. The molecule has 0 unspecified atom stereocenters. The van der Waals surface area contributed by atoms with Gasteiger partial charge in [0.25, 0.3) is 0 Å². The first-order chi connectivity index (χ1) is 11.6. The summed E-state index contributed by atoms with van der Waals surface area (Å²) in [6.07, 6.45) is 2.61. The molecule has 0 atom stereocenters. The monoisotopic (exact) mass is 380 g/mol. The van der Waals surface area contributed by atoms with Crippen LogP contribution in [0.5, 0.6) is 0 Å². The van der Waals surface area contributed by atoms with Gasteiger partial charge in [-0.25, -0.2) is 0 Å². The van der Waals surface area contributed by atoms with Gasteiger partial charge in [-0.15, -0.1) is 0 Å². The summed E-state index contributed by atoms with van der Waals surface area (Å²) >= 11 is 7.44. The molecule has 1 aromatic carbocycles. The van der Waals surface area contributed by atoms with Crippen molar-refractivity contribution in [2.24, 2.45) is 0 Å². The van der Waals surface area contributed by atoms with Crippen molar-refractivity contribution in [1.82, 2.24) is 0 Å². The van der Waals surface area contributed by atoms with Crippen molar-refractivity contribution < 1.29 is 18.9 Å². The van der Waals surface area contributed by atoms with Crippen molar-refractivity contribution in [2.75, 3.05) is 5.75 Å². The van der Waals surface area contributed by atoms with Gasteiger partial charge in [0.1, 0.15) is 6.29 Å². The van der Waals surface area contributed by atoms with Crippen LogP contribution in [0.15, 0.2) is 23.7 Å². The van der Waals surface area contributed by atoms with Gasteiger partial charge in [-0.2, -0.15) is 0 Å². The number of aldehydes is 1. The van der Waals surface area contributed by atoms with Crippen LogP contribution in [0.3, 0.4) is 0 Å². The normalized spacial score (nSPS) is 19.1. The smallest absolute Gasteiger partial charge is 0.400 e. The van der Waals surface area contributed by atoms with E-state index in [9.17, 15) is 9.59 Å². The van der Waals surface area contributed by atoms with E-state index in [2.05, 4.69) is 0 Å². The molecule has 0 amide bonds. The second kappa shape index (κ2) is 7.66. The number of halogens is 1. The molecular weight excluding hydrogens is 359 g/mol. The Morgan fingerprint density at radius 2 is 1.84 bits per heavy atom. The first-order valence-corrected chi connectivity index (χ1v) is 9.36. The molecule has 25 heavy (non-hydrogen) atoms. The lowest BCUT2D eigenvalue weighted by atomic mass is 9.78. The second-order valence-corrected chi connectivity index (χ2v) is 8.55. The highest BCUT2D eigenvalue weighted by atomic mass is 35.5. The standard InChI is InChI=1S/C18H22BClO4S/c1-12(22)25-11-15(19-23-17(2,3)18(4,5)24-19)9-14-8-13(10-21)6-7-16(14)20/h6-10H,11H2,1-5H3. The van der Waals surface area contributed by atoms with E-state index in [1.54, 1.807) is 18.2 Å². The minimum Gasteiger partial charge on any atom is -0.400 e. The van der Waals surface area contributed by atoms with Gasteiger partial charge in [0.2, 0.25) is 0 Å². The minimum atomic E-state index is -0.576. The van der Waals surface area contributed by atoms with Crippen molar-refractivity contribution in [3.05, 3.63) is 39.8 Å². The summed E-state index contributed by atoms with van der Waals surface area (Å²) in [5.74, 6) is 0.424. The van der Waals surface area contributed by atoms with Crippen molar-refractivity contribution in [2.45, 2.75) is 45.8 Å². The fourth-order valence-electron chi connectivity index (χ4n) is 2.30. The summed E-state index contributed by atoms with van der Waals surface area (Å²) in [6.45, 7) is 9.42. The van der Waals surface area contributed by atoms with Crippen LogP contribution in [0.4, 0.5) is 0 Å². The van der Waals surface area contributed by atoms with E-state index in [1.807, 2.05) is 33.8 Å². The van der Waals surface area contributed by atoms with Crippen LogP contribution in [0.1, 0.15) is 50.5 Å². The van der Waals surface area contributed by atoms with E-state index in [-0.39, 0.29) is 5.12 Å². The molecule has 0 radical (unpaired) electrons. The van der Waals surface area contributed by atoms with Crippen LogP contribution >= 0.6 is 23.4 Å². The van der Waals surface area contributed by atoms with Gasteiger partial charge in [-0.05, 0) is 50.9 Å². The molecule has 0 N–H and O–H groups in total. The van der Waals surface area contributed by atoms with E-state index < -0.39 is 18.3 Å². The van der Waals surface area contributed by atoms with Gasteiger partial charge in [-0.3, -0.25) is 9.59 Å². The number of hydrogen-bond acceptors (Lipinski definition) is 5. The number of thioether (sulfide) groups is 1. The molecule has 1 fully saturated rings. The molecule has 7 heteroatoms. The third-order valence-corrected chi connectivity index (χ3v) is 5.72. The maximum absolute atomic E-state index is 11.4. The fraction of sp³-hybridized carbons (Fsp3) is 0.444. The van der Waals surface area contributed by atoms with Crippen molar-refractivity contribution in [3.8, 4) is 0 Å². The molecule has 1 aliphatic rings. The SMILES string of the molecule is CC(=O)SCC(=Cc1cc(C=O)ccc1Cl)B1OC(C)(C)C(C)(C)O1. The topological polar surface area (TPSA) is 52.6 Å². The zero-order chi connectivity index (χ0) is 18.8. The first kappa shape index (κ1) is 20.2. The van der Waals surface area contributed by atoms with Crippen LogP contribution in [-0.2, 0) is 14.1 Å². The predicted molar refractivity (Wildman–Crippen MR) is 104 cm³/mol. The third-order valence-electron chi connectivity index (χ3n) is 4.50. The summed E-state index contributed by atoms with van der Waals surface area (Å²) in [5.41, 5.74) is 1.06. The zero-order valence-electron chi connectivity index (χ0n) is 15.1. The number of carbonyl (C=O) groups excluding carboxylic acids is 2. The Morgan fingerprint density at radius 1 is 1.24 bits per heavy atom. The van der Waals surface area contributed by atoms with Crippen LogP contribution < -0.4 is 0 Å². The highest BCUT2D eigenvalue weighted by molar-refractivity contribution is 8.13. The molecule has 1 saturated heterocycles. The maximum atomic E-state index is 11.4. The highest BCUT2D eigenvalue weighted by Gasteiger charge is 2.52. The molecule has 0 saturated carbocycles. The lowest BCUT2D eigenvalue weighted by molar-refractivity contribution is -0.109. The van der Waals surface area contributed by atoms with Crippen LogP contribution in [0, 0.1) is 0 Å². The molecule has 1 aliphatic heterocycles. The van der Waals surface area contributed by atoms with E-state index in [1.165, 1.54) is 18.7 Å².